The Kier molecular flexibility index (Phi) is 5.95. The monoisotopic (exact) mass is 466 g/mol. The quantitative estimate of drug-likeness (QED) is 0.669. The lowest BCUT2D eigenvalue weighted by Gasteiger charge is -2.26. The van der Waals surface area contributed by atoms with Gasteiger partial charge in [0.1, 0.15) is 11.5 Å². The summed E-state index contributed by atoms with van der Waals surface area (Å²) in [7, 11) is -1.60. The van der Waals surface area contributed by atoms with E-state index in [1.807, 2.05) is 18.2 Å². The molecular formula is C20H19ClN2O5S2. The molecule has 10 heteroatoms. The van der Waals surface area contributed by atoms with Gasteiger partial charge in [-0.15, -0.1) is 0 Å². The normalized spacial score (nSPS) is 23.4. The molecule has 1 amide bonds. The number of methoxy groups -OCH3 is 1. The van der Waals surface area contributed by atoms with E-state index in [9.17, 15) is 13.2 Å². The van der Waals surface area contributed by atoms with E-state index in [4.69, 9.17) is 21.1 Å². The molecule has 30 heavy (non-hydrogen) atoms. The molecule has 0 aliphatic carbocycles. The van der Waals surface area contributed by atoms with Crippen LogP contribution in [0.4, 0.5) is 5.69 Å². The van der Waals surface area contributed by atoms with Crippen LogP contribution in [-0.2, 0) is 14.6 Å². The van der Waals surface area contributed by atoms with Crippen molar-refractivity contribution in [1.82, 2.24) is 0 Å². The molecule has 2 aliphatic heterocycles. The number of benzene rings is 2. The van der Waals surface area contributed by atoms with E-state index in [-0.39, 0.29) is 29.4 Å². The van der Waals surface area contributed by atoms with Gasteiger partial charge in [-0.1, -0.05) is 35.5 Å². The Morgan fingerprint density at radius 2 is 1.93 bits per heavy atom. The van der Waals surface area contributed by atoms with Crippen molar-refractivity contribution in [3.63, 3.8) is 0 Å². The maximum Gasteiger partial charge on any atom is 0.285 e. The fourth-order valence-electron chi connectivity index (χ4n) is 3.49. The van der Waals surface area contributed by atoms with Crippen LogP contribution in [0.5, 0.6) is 11.5 Å². The van der Waals surface area contributed by atoms with Gasteiger partial charge in [-0.2, -0.15) is 4.99 Å². The maximum atomic E-state index is 12.5. The second kappa shape index (κ2) is 8.49. The first-order chi connectivity index (χ1) is 14.4. The minimum Gasteiger partial charge on any atom is -0.495 e. The van der Waals surface area contributed by atoms with Crippen LogP contribution in [0.1, 0.15) is 0 Å². The predicted molar refractivity (Wildman–Crippen MR) is 119 cm³/mol. The number of sulfone groups is 1. The van der Waals surface area contributed by atoms with Crippen LogP contribution in [0.25, 0.3) is 0 Å². The standard InChI is InChI=1S/C20H19ClN2O5S2/c1-27-17-5-3-2-4-15(17)23-16-11-30(25,26)12-18(16)29-20(23)22-19(24)10-28-14-8-6-13(21)7-9-14/h2-9,16,18H,10-12H2,1H3. The van der Waals surface area contributed by atoms with Gasteiger partial charge in [0.2, 0.25) is 0 Å². The molecule has 2 aromatic rings. The summed E-state index contributed by atoms with van der Waals surface area (Å²) in [6, 6.07) is 13.7. The molecule has 0 N–H and O–H groups in total. The molecule has 2 aliphatic rings. The van der Waals surface area contributed by atoms with E-state index < -0.39 is 15.7 Å². The van der Waals surface area contributed by atoms with Gasteiger partial charge in [0.15, 0.2) is 21.6 Å². The summed E-state index contributed by atoms with van der Waals surface area (Å²) in [6.07, 6.45) is 0. The van der Waals surface area contributed by atoms with E-state index in [2.05, 4.69) is 4.99 Å². The number of halogens is 1. The van der Waals surface area contributed by atoms with Crippen molar-refractivity contribution in [3.8, 4) is 11.5 Å². The third-order valence-electron chi connectivity index (χ3n) is 4.81. The summed E-state index contributed by atoms with van der Waals surface area (Å²) < 4.78 is 35.3. The zero-order valence-electron chi connectivity index (χ0n) is 16.0. The first kappa shape index (κ1) is 21.0. The molecule has 0 saturated carbocycles. The van der Waals surface area contributed by atoms with Gasteiger partial charge < -0.3 is 14.4 Å². The number of amidine groups is 1. The third-order valence-corrected chi connectivity index (χ3v) is 8.27. The highest BCUT2D eigenvalue weighted by molar-refractivity contribution is 8.16. The number of para-hydroxylation sites is 2. The molecule has 0 bridgehead atoms. The van der Waals surface area contributed by atoms with Gasteiger partial charge in [-0.25, -0.2) is 8.42 Å². The molecule has 0 spiro atoms. The lowest BCUT2D eigenvalue weighted by atomic mass is 10.2. The topological polar surface area (TPSA) is 85.3 Å². The van der Waals surface area contributed by atoms with Crippen LogP contribution in [-0.4, -0.2) is 56.0 Å². The highest BCUT2D eigenvalue weighted by atomic mass is 35.5. The molecule has 4 rings (SSSR count). The van der Waals surface area contributed by atoms with E-state index in [0.717, 1.165) is 0 Å². The first-order valence-electron chi connectivity index (χ1n) is 9.15. The van der Waals surface area contributed by atoms with E-state index in [1.54, 1.807) is 42.3 Å². The smallest absolute Gasteiger partial charge is 0.285 e. The molecule has 2 saturated heterocycles. The summed E-state index contributed by atoms with van der Waals surface area (Å²) in [6.45, 7) is -0.237. The Hall–Kier alpha value is -2.23. The van der Waals surface area contributed by atoms with Crippen molar-refractivity contribution in [2.24, 2.45) is 4.99 Å². The molecule has 2 heterocycles. The van der Waals surface area contributed by atoms with Crippen LogP contribution in [0.2, 0.25) is 5.02 Å². The van der Waals surface area contributed by atoms with Crippen molar-refractivity contribution >= 4 is 50.0 Å². The lowest BCUT2D eigenvalue weighted by molar-refractivity contribution is -0.119. The number of hydrogen-bond acceptors (Lipinski definition) is 6. The minimum atomic E-state index is -3.15. The molecule has 0 aromatic heterocycles. The van der Waals surface area contributed by atoms with Crippen molar-refractivity contribution in [1.29, 1.82) is 0 Å². The number of carbonyl (C=O) groups excluding carboxylic acids is 1. The van der Waals surface area contributed by atoms with Gasteiger partial charge in [0.25, 0.3) is 5.91 Å². The predicted octanol–water partition coefficient (Wildman–Crippen LogP) is 3.03. The molecule has 7 nitrogen and oxygen atoms in total. The Bertz CT molecular complexity index is 1090. The fraction of sp³-hybridized carbons (Fsp3) is 0.300. The van der Waals surface area contributed by atoms with Gasteiger partial charge in [0, 0.05) is 10.3 Å². The highest BCUT2D eigenvalue weighted by Gasteiger charge is 2.50. The number of amides is 1. The van der Waals surface area contributed by atoms with Crippen molar-refractivity contribution in [2.75, 3.05) is 30.1 Å². The zero-order chi connectivity index (χ0) is 21.3. The summed E-state index contributed by atoms with van der Waals surface area (Å²) in [5, 5.41) is 0.836. The van der Waals surface area contributed by atoms with Crippen LogP contribution >= 0.6 is 23.4 Å². The van der Waals surface area contributed by atoms with Crippen LogP contribution in [0.3, 0.4) is 0 Å². The number of ether oxygens (including phenoxy) is 2. The SMILES string of the molecule is COc1ccccc1N1C(=NC(=O)COc2ccc(Cl)cc2)SC2CS(=O)(=O)CC21. The van der Waals surface area contributed by atoms with Crippen LogP contribution in [0, 0.1) is 0 Å². The minimum absolute atomic E-state index is 0.0111. The summed E-state index contributed by atoms with van der Waals surface area (Å²) >= 11 is 7.15. The Morgan fingerprint density at radius 1 is 1.20 bits per heavy atom. The molecule has 2 aromatic carbocycles. The number of rotatable bonds is 5. The Labute approximate surface area is 183 Å². The summed E-state index contributed by atoms with van der Waals surface area (Å²) in [5.74, 6) is 0.701. The Morgan fingerprint density at radius 3 is 2.67 bits per heavy atom. The lowest BCUT2D eigenvalue weighted by Crippen LogP contribution is -2.38. The average Bonchev–Trinajstić information content (AvgIpc) is 3.18. The number of aliphatic imine (C=N–C) groups is 1. The molecular weight excluding hydrogens is 448 g/mol. The number of thioether (sulfide) groups is 1. The molecule has 2 fully saturated rings. The molecule has 2 unspecified atom stereocenters. The van der Waals surface area contributed by atoms with Gasteiger partial charge in [-0.3, -0.25) is 4.79 Å². The van der Waals surface area contributed by atoms with Crippen LogP contribution in [0.15, 0.2) is 53.5 Å². The number of anilines is 1. The fourth-order valence-corrected chi connectivity index (χ4v) is 7.54. The summed E-state index contributed by atoms with van der Waals surface area (Å²) in [5.41, 5.74) is 0.683. The van der Waals surface area contributed by atoms with Gasteiger partial charge >= 0.3 is 0 Å². The van der Waals surface area contributed by atoms with Gasteiger partial charge in [0.05, 0.1) is 30.3 Å². The second-order valence-electron chi connectivity index (χ2n) is 6.87. The Balaban J connectivity index is 1.59. The molecule has 2 atom stereocenters. The largest absolute Gasteiger partial charge is 0.495 e. The van der Waals surface area contributed by atoms with Crippen molar-refractivity contribution in [3.05, 3.63) is 53.6 Å². The average molecular weight is 467 g/mol. The first-order valence-corrected chi connectivity index (χ1v) is 12.2. The number of nitrogens with zero attached hydrogens (tertiary/aromatic N) is 2. The number of fused-ring (bicyclic) bond motifs is 1. The van der Waals surface area contributed by atoms with E-state index >= 15 is 0 Å². The number of hydrogen-bond donors (Lipinski definition) is 0. The maximum absolute atomic E-state index is 12.5. The zero-order valence-corrected chi connectivity index (χ0v) is 18.4. The van der Waals surface area contributed by atoms with Crippen molar-refractivity contribution in [2.45, 2.75) is 11.3 Å². The van der Waals surface area contributed by atoms with E-state index in [0.29, 0.717) is 27.4 Å². The highest BCUT2D eigenvalue weighted by Crippen LogP contribution is 2.43. The second-order valence-corrected chi connectivity index (χ2v) is 10.7. The number of carbonyl (C=O) groups is 1. The molecule has 0 radical (unpaired) electrons. The molecule has 158 valence electrons. The van der Waals surface area contributed by atoms with Gasteiger partial charge in [-0.05, 0) is 36.4 Å². The van der Waals surface area contributed by atoms with Crippen LogP contribution < -0.4 is 14.4 Å². The van der Waals surface area contributed by atoms with E-state index in [1.165, 1.54) is 11.8 Å². The summed E-state index contributed by atoms with van der Waals surface area (Å²) in [4.78, 5) is 18.5. The van der Waals surface area contributed by atoms with Crippen molar-refractivity contribution < 1.29 is 22.7 Å². The third kappa shape index (κ3) is 4.43.